The lowest BCUT2D eigenvalue weighted by Crippen LogP contribution is -2.18. The standard InChI is InChI=1S/C27H22ClFN2O4/c1-33-24-14-20-6-4-3-5-19(20)13-22(24)27(32)31-30-15-18-11-23(28)26(25(12-18)34-2)35-16-17-7-9-21(29)10-8-17/h3-15H,16H2,1-2H3,(H,31,32)/b30-15-. The molecular formula is C27H22ClFN2O4. The van der Waals surface area contributed by atoms with E-state index in [1.807, 2.05) is 30.3 Å². The van der Waals surface area contributed by atoms with Crippen molar-refractivity contribution in [3.8, 4) is 17.2 Å². The lowest BCUT2D eigenvalue weighted by molar-refractivity contribution is 0.0952. The highest BCUT2D eigenvalue weighted by Gasteiger charge is 2.14. The number of nitrogens with zero attached hydrogens (tertiary/aromatic N) is 1. The molecule has 4 aromatic carbocycles. The Morgan fingerprint density at radius 2 is 1.66 bits per heavy atom. The molecule has 0 bridgehead atoms. The fourth-order valence-electron chi connectivity index (χ4n) is 3.48. The number of amides is 1. The molecule has 1 amide bonds. The Hall–Kier alpha value is -4.10. The van der Waals surface area contributed by atoms with Gasteiger partial charge in [-0.3, -0.25) is 4.79 Å². The molecule has 0 atom stereocenters. The van der Waals surface area contributed by atoms with Crippen LogP contribution in [0.4, 0.5) is 4.39 Å². The van der Waals surface area contributed by atoms with E-state index in [1.165, 1.54) is 32.6 Å². The zero-order valence-corrected chi connectivity index (χ0v) is 19.8. The number of hydrazone groups is 1. The van der Waals surface area contributed by atoms with Gasteiger partial charge in [0.25, 0.3) is 5.91 Å². The summed E-state index contributed by atoms with van der Waals surface area (Å²) in [6.07, 6.45) is 1.45. The van der Waals surface area contributed by atoms with Gasteiger partial charge in [-0.25, -0.2) is 9.82 Å². The summed E-state index contributed by atoms with van der Waals surface area (Å²) in [5.74, 6) is 0.452. The summed E-state index contributed by atoms with van der Waals surface area (Å²) in [4.78, 5) is 12.7. The first-order valence-corrected chi connectivity index (χ1v) is 11.0. The van der Waals surface area contributed by atoms with E-state index in [2.05, 4.69) is 10.5 Å². The molecule has 0 aliphatic heterocycles. The van der Waals surface area contributed by atoms with Gasteiger partial charge >= 0.3 is 0 Å². The molecule has 0 radical (unpaired) electrons. The van der Waals surface area contributed by atoms with E-state index in [1.54, 1.807) is 30.3 Å². The van der Waals surface area contributed by atoms with Gasteiger partial charge in [-0.1, -0.05) is 48.0 Å². The average Bonchev–Trinajstić information content (AvgIpc) is 2.87. The quantitative estimate of drug-likeness (QED) is 0.242. The second kappa shape index (κ2) is 10.9. The Kier molecular flexibility index (Phi) is 7.48. The number of carbonyl (C=O) groups excluding carboxylic acids is 1. The van der Waals surface area contributed by atoms with Crippen molar-refractivity contribution in [3.63, 3.8) is 0 Å². The smallest absolute Gasteiger partial charge is 0.275 e. The van der Waals surface area contributed by atoms with Crippen molar-refractivity contribution in [1.82, 2.24) is 5.43 Å². The molecule has 35 heavy (non-hydrogen) atoms. The van der Waals surface area contributed by atoms with Crippen LogP contribution in [-0.2, 0) is 6.61 Å². The molecule has 4 rings (SSSR count). The highest BCUT2D eigenvalue weighted by molar-refractivity contribution is 6.32. The molecule has 0 spiro atoms. The zero-order valence-electron chi connectivity index (χ0n) is 19.0. The minimum atomic E-state index is -0.416. The van der Waals surface area contributed by atoms with Crippen molar-refractivity contribution in [2.24, 2.45) is 5.10 Å². The summed E-state index contributed by atoms with van der Waals surface area (Å²) < 4.78 is 29.7. The molecule has 0 aliphatic carbocycles. The van der Waals surface area contributed by atoms with Crippen LogP contribution >= 0.6 is 11.6 Å². The lowest BCUT2D eigenvalue weighted by Gasteiger charge is -2.13. The summed E-state index contributed by atoms with van der Waals surface area (Å²) in [6, 6.07) is 20.5. The summed E-state index contributed by atoms with van der Waals surface area (Å²) in [5.41, 5.74) is 4.25. The Morgan fingerprint density at radius 1 is 0.971 bits per heavy atom. The molecule has 0 saturated carbocycles. The molecule has 0 saturated heterocycles. The van der Waals surface area contributed by atoms with Gasteiger partial charge in [-0.05, 0) is 58.3 Å². The van der Waals surface area contributed by atoms with E-state index in [9.17, 15) is 9.18 Å². The van der Waals surface area contributed by atoms with E-state index in [0.717, 1.165) is 16.3 Å². The van der Waals surface area contributed by atoms with Crippen LogP contribution in [0.3, 0.4) is 0 Å². The minimum Gasteiger partial charge on any atom is -0.496 e. The number of halogens is 2. The normalized spacial score (nSPS) is 11.0. The van der Waals surface area contributed by atoms with Crippen LogP contribution < -0.4 is 19.6 Å². The molecule has 0 heterocycles. The maximum absolute atomic E-state index is 13.1. The third kappa shape index (κ3) is 5.70. The summed E-state index contributed by atoms with van der Waals surface area (Å²) in [7, 11) is 3.00. The van der Waals surface area contributed by atoms with E-state index >= 15 is 0 Å². The highest BCUT2D eigenvalue weighted by atomic mass is 35.5. The molecule has 8 heteroatoms. The predicted molar refractivity (Wildman–Crippen MR) is 134 cm³/mol. The maximum atomic E-state index is 13.1. The number of ether oxygens (including phenoxy) is 3. The van der Waals surface area contributed by atoms with Gasteiger partial charge in [-0.15, -0.1) is 0 Å². The highest BCUT2D eigenvalue weighted by Crippen LogP contribution is 2.36. The topological polar surface area (TPSA) is 69.2 Å². The van der Waals surface area contributed by atoms with Crippen LogP contribution in [0.1, 0.15) is 21.5 Å². The number of rotatable bonds is 8. The molecule has 0 unspecified atom stereocenters. The Labute approximate surface area is 206 Å². The zero-order chi connectivity index (χ0) is 24.8. The Bertz CT molecular complexity index is 1390. The van der Waals surface area contributed by atoms with Gasteiger partial charge in [0, 0.05) is 0 Å². The number of carbonyl (C=O) groups is 1. The lowest BCUT2D eigenvalue weighted by atomic mass is 10.1. The first kappa shape index (κ1) is 24.0. The Morgan fingerprint density at radius 3 is 2.34 bits per heavy atom. The second-order valence-electron chi connectivity index (χ2n) is 7.55. The van der Waals surface area contributed by atoms with E-state index in [4.69, 9.17) is 25.8 Å². The number of methoxy groups -OCH3 is 2. The number of hydrogen-bond acceptors (Lipinski definition) is 5. The summed E-state index contributed by atoms with van der Waals surface area (Å²) >= 11 is 6.41. The molecule has 6 nitrogen and oxygen atoms in total. The maximum Gasteiger partial charge on any atom is 0.275 e. The largest absolute Gasteiger partial charge is 0.496 e. The molecule has 0 aliphatic rings. The van der Waals surface area contributed by atoms with Crippen molar-refractivity contribution in [3.05, 3.63) is 100 Å². The van der Waals surface area contributed by atoms with Crippen molar-refractivity contribution in [1.29, 1.82) is 0 Å². The van der Waals surface area contributed by atoms with Crippen LogP contribution in [0.2, 0.25) is 5.02 Å². The van der Waals surface area contributed by atoms with Gasteiger partial charge in [-0.2, -0.15) is 5.10 Å². The molecule has 178 valence electrons. The third-order valence-electron chi connectivity index (χ3n) is 5.24. The number of hydrogen-bond donors (Lipinski definition) is 1. The van der Waals surface area contributed by atoms with Gasteiger partial charge in [0.1, 0.15) is 18.2 Å². The first-order valence-electron chi connectivity index (χ1n) is 10.6. The van der Waals surface area contributed by atoms with E-state index < -0.39 is 5.91 Å². The van der Waals surface area contributed by atoms with Crippen molar-refractivity contribution in [2.75, 3.05) is 14.2 Å². The fourth-order valence-corrected chi connectivity index (χ4v) is 3.76. The second-order valence-corrected chi connectivity index (χ2v) is 7.96. The van der Waals surface area contributed by atoms with Crippen LogP contribution in [0.5, 0.6) is 17.2 Å². The minimum absolute atomic E-state index is 0.188. The summed E-state index contributed by atoms with van der Waals surface area (Å²) in [6.45, 7) is 0.188. The van der Waals surface area contributed by atoms with Crippen molar-refractivity contribution < 1.29 is 23.4 Å². The average molecular weight is 493 g/mol. The van der Waals surface area contributed by atoms with E-state index in [0.29, 0.717) is 33.4 Å². The van der Waals surface area contributed by atoms with Gasteiger partial charge in [0.15, 0.2) is 11.5 Å². The predicted octanol–water partition coefficient (Wildman–Crippen LogP) is 5.99. The van der Waals surface area contributed by atoms with Gasteiger partial charge in [0.05, 0.1) is 31.0 Å². The molecule has 1 N–H and O–H groups in total. The SMILES string of the molecule is COc1cc2ccccc2cc1C(=O)N/N=C\c1cc(Cl)c(OCc2ccc(F)cc2)c(OC)c1. The number of fused-ring (bicyclic) bond motifs is 1. The molecule has 0 aromatic heterocycles. The van der Waals surface area contributed by atoms with Crippen LogP contribution in [0, 0.1) is 5.82 Å². The van der Waals surface area contributed by atoms with Crippen LogP contribution in [0.15, 0.2) is 77.9 Å². The van der Waals surface area contributed by atoms with Crippen LogP contribution in [-0.4, -0.2) is 26.3 Å². The summed E-state index contributed by atoms with van der Waals surface area (Å²) in [5, 5.41) is 6.23. The van der Waals surface area contributed by atoms with Gasteiger partial charge in [0.2, 0.25) is 0 Å². The Balaban J connectivity index is 1.48. The monoisotopic (exact) mass is 492 g/mol. The van der Waals surface area contributed by atoms with Crippen LogP contribution in [0.25, 0.3) is 10.8 Å². The fraction of sp³-hybridized carbons (Fsp3) is 0.111. The molecule has 4 aromatic rings. The van der Waals surface area contributed by atoms with E-state index in [-0.39, 0.29) is 12.4 Å². The van der Waals surface area contributed by atoms with Gasteiger partial charge < -0.3 is 14.2 Å². The molecular weight excluding hydrogens is 471 g/mol. The first-order chi connectivity index (χ1) is 17.0. The van der Waals surface area contributed by atoms with Crippen molar-refractivity contribution >= 4 is 34.5 Å². The molecule has 0 fully saturated rings. The number of benzene rings is 4. The van der Waals surface area contributed by atoms with Crippen molar-refractivity contribution in [2.45, 2.75) is 6.61 Å². The third-order valence-corrected chi connectivity index (χ3v) is 5.52. The number of nitrogens with one attached hydrogen (secondary N) is 1.